The van der Waals surface area contributed by atoms with Gasteiger partial charge in [0.15, 0.2) is 0 Å². The predicted octanol–water partition coefficient (Wildman–Crippen LogP) is 3.94. The third-order valence-corrected chi connectivity index (χ3v) is 4.83. The molecule has 0 N–H and O–H groups in total. The molecular weight excluding hydrogens is 264 g/mol. The number of hydrogen-bond donors (Lipinski definition) is 0. The van der Waals surface area contributed by atoms with E-state index in [1.54, 1.807) is 0 Å². The quantitative estimate of drug-likeness (QED) is 0.592. The second-order valence-corrected chi connectivity index (χ2v) is 6.63. The van der Waals surface area contributed by atoms with Gasteiger partial charge in [-0.15, -0.1) is 0 Å². The zero-order valence-electron chi connectivity index (χ0n) is 10.8. The van der Waals surface area contributed by atoms with Crippen molar-refractivity contribution in [2.45, 2.75) is 51.3 Å². The third-order valence-electron chi connectivity index (χ3n) is 3.00. The smallest absolute Gasteiger partial charge is 0.0492 e. The molecule has 1 aromatic rings. The van der Waals surface area contributed by atoms with Gasteiger partial charge in [-0.25, -0.2) is 0 Å². The van der Waals surface area contributed by atoms with Crippen LogP contribution in [0.15, 0.2) is 12.3 Å². The van der Waals surface area contributed by atoms with Gasteiger partial charge in [0.1, 0.15) is 0 Å². The normalized spacial score (nSPS) is 14.1. The fraction of sp³-hybridized carbons (Fsp3) is 0.769. The summed E-state index contributed by atoms with van der Waals surface area (Å²) in [5.74, 6) is 0. The lowest BCUT2D eigenvalue weighted by Crippen LogP contribution is -2.19. The van der Waals surface area contributed by atoms with Crippen LogP contribution in [0.25, 0.3) is 0 Å². The summed E-state index contributed by atoms with van der Waals surface area (Å²) in [7, 11) is 2.01. The van der Waals surface area contributed by atoms with Crippen molar-refractivity contribution >= 4 is 15.9 Å². The highest BCUT2D eigenvalue weighted by atomic mass is 79.9. The van der Waals surface area contributed by atoms with Gasteiger partial charge < -0.3 is 0 Å². The van der Waals surface area contributed by atoms with Gasteiger partial charge in [-0.3, -0.25) is 4.68 Å². The van der Waals surface area contributed by atoms with Crippen molar-refractivity contribution in [2.24, 2.45) is 12.5 Å². The summed E-state index contributed by atoms with van der Waals surface area (Å²) >= 11 is 3.77. The lowest BCUT2D eigenvalue weighted by Gasteiger charge is -2.25. The molecule has 0 aliphatic carbocycles. The van der Waals surface area contributed by atoms with Crippen molar-refractivity contribution in [3.05, 3.63) is 18.0 Å². The van der Waals surface area contributed by atoms with Gasteiger partial charge in [-0.05, 0) is 30.7 Å². The molecule has 0 aliphatic heterocycles. The highest BCUT2D eigenvalue weighted by Gasteiger charge is 2.20. The lowest BCUT2D eigenvalue weighted by atomic mass is 9.89. The zero-order valence-corrected chi connectivity index (χ0v) is 12.4. The maximum Gasteiger partial charge on any atom is 0.0492 e. The second kappa shape index (κ2) is 5.85. The number of nitrogens with zero attached hydrogens (tertiary/aromatic N) is 2. The van der Waals surface area contributed by atoms with E-state index in [4.69, 9.17) is 0 Å². The van der Waals surface area contributed by atoms with Crippen molar-refractivity contribution < 1.29 is 0 Å². The van der Waals surface area contributed by atoms with Crippen molar-refractivity contribution in [2.75, 3.05) is 0 Å². The predicted molar refractivity (Wildman–Crippen MR) is 72.9 cm³/mol. The van der Waals surface area contributed by atoms with Gasteiger partial charge in [0.05, 0.1) is 0 Å². The number of rotatable bonds is 5. The Morgan fingerprint density at radius 3 is 2.56 bits per heavy atom. The number of alkyl halides is 1. The molecule has 0 fully saturated rings. The molecular formula is C13H23BrN2. The molecule has 0 spiro atoms. The van der Waals surface area contributed by atoms with Crippen LogP contribution in [-0.4, -0.2) is 14.6 Å². The molecule has 0 aromatic carbocycles. The molecule has 0 saturated carbocycles. The van der Waals surface area contributed by atoms with Crippen LogP contribution in [0.2, 0.25) is 0 Å². The van der Waals surface area contributed by atoms with Crippen LogP contribution in [-0.2, 0) is 13.5 Å². The standard InChI is InChI=1S/C13H23BrN2/c1-13(2,3)12(14)8-6-5-7-11-9-10-15-16(11)4/h9-10,12H,5-8H2,1-4H3. The molecule has 1 aromatic heterocycles. The van der Waals surface area contributed by atoms with E-state index in [1.807, 2.05) is 17.9 Å². The van der Waals surface area contributed by atoms with E-state index < -0.39 is 0 Å². The fourth-order valence-electron chi connectivity index (χ4n) is 1.71. The van der Waals surface area contributed by atoms with Crippen molar-refractivity contribution in [3.8, 4) is 0 Å². The molecule has 92 valence electrons. The van der Waals surface area contributed by atoms with Gasteiger partial charge in [0, 0.05) is 23.8 Å². The minimum absolute atomic E-state index is 0.368. The van der Waals surface area contributed by atoms with Crippen molar-refractivity contribution in [3.63, 3.8) is 0 Å². The number of unbranched alkanes of at least 4 members (excludes halogenated alkanes) is 1. The van der Waals surface area contributed by atoms with Gasteiger partial charge in [0.2, 0.25) is 0 Å². The molecule has 2 nitrogen and oxygen atoms in total. The van der Waals surface area contributed by atoms with E-state index in [2.05, 4.69) is 47.9 Å². The minimum Gasteiger partial charge on any atom is -0.273 e. The zero-order chi connectivity index (χ0) is 12.2. The molecule has 0 bridgehead atoms. The van der Waals surface area contributed by atoms with Crippen LogP contribution in [0.5, 0.6) is 0 Å². The molecule has 1 atom stereocenters. The van der Waals surface area contributed by atoms with Crippen molar-refractivity contribution in [1.82, 2.24) is 9.78 Å². The molecule has 1 unspecified atom stereocenters. The SMILES string of the molecule is Cn1nccc1CCCCC(Br)C(C)(C)C. The second-order valence-electron chi connectivity index (χ2n) is 5.53. The lowest BCUT2D eigenvalue weighted by molar-refractivity contribution is 0.377. The van der Waals surface area contributed by atoms with Gasteiger partial charge in [0.25, 0.3) is 0 Å². The highest BCUT2D eigenvalue weighted by molar-refractivity contribution is 9.09. The maximum atomic E-state index is 4.18. The molecule has 0 aliphatic rings. The Bertz CT molecular complexity index is 312. The first-order chi connectivity index (χ1) is 7.41. The van der Waals surface area contributed by atoms with Gasteiger partial charge >= 0.3 is 0 Å². The minimum atomic E-state index is 0.368. The Balaban J connectivity index is 2.20. The van der Waals surface area contributed by atoms with Crippen LogP contribution in [0.4, 0.5) is 0 Å². The number of aromatic nitrogens is 2. The fourth-order valence-corrected chi connectivity index (χ4v) is 2.03. The monoisotopic (exact) mass is 286 g/mol. The van der Waals surface area contributed by atoms with E-state index in [1.165, 1.54) is 25.0 Å². The Kier molecular flexibility index (Phi) is 5.03. The van der Waals surface area contributed by atoms with E-state index in [-0.39, 0.29) is 0 Å². The molecule has 3 heteroatoms. The molecule has 0 amide bonds. The van der Waals surface area contributed by atoms with Gasteiger partial charge in [-0.2, -0.15) is 5.10 Å². The average molecular weight is 287 g/mol. The van der Waals surface area contributed by atoms with Crippen molar-refractivity contribution in [1.29, 1.82) is 0 Å². The summed E-state index contributed by atoms with van der Waals surface area (Å²) in [6, 6.07) is 2.11. The number of aryl methyl sites for hydroxylation is 2. The van der Waals surface area contributed by atoms with E-state index >= 15 is 0 Å². The van der Waals surface area contributed by atoms with Crippen LogP contribution >= 0.6 is 15.9 Å². The summed E-state index contributed by atoms with van der Waals surface area (Å²) in [5, 5.41) is 4.18. The number of hydrogen-bond acceptors (Lipinski definition) is 1. The number of halogens is 1. The third kappa shape index (κ3) is 4.28. The first kappa shape index (κ1) is 13.8. The van der Waals surface area contributed by atoms with Crippen LogP contribution in [0.3, 0.4) is 0 Å². The van der Waals surface area contributed by atoms with Crippen LogP contribution in [0, 0.1) is 5.41 Å². The summed E-state index contributed by atoms with van der Waals surface area (Å²) in [6.07, 6.45) is 6.79. The Hall–Kier alpha value is -0.310. The maximum absolute atomic E-state index is 4.18. The first-order valence-corrected chi connectivity index (χ1v) is 6.94. The molecule has 0 radical (unpaired) electrons. The largest absolute Gasteiger partial charge is 0.273 e. The van der Waals surface area contributed by atoms with Crippen LogP contribution in [0.1, 0.15) is 45.7 Å². The first-order valence-electron chi connectivity index (χ1n) is 6.02. The molecule has 1 heterocycles. The average Bonchev–Trinajstić information content (AvgIpc) is 2.57. The Morgan fingerprint density at radius 1 is 1.38 bits per heavy atom. The molecule has 1 rings (SSSR count). The van der Waals surface area contributed by atoms with Gasteiger partial charge in [-0.1, -0.05) is 43.1 Å². The molecule has 0 saturated heterocycles. The summed E-state index contributed by atoms with van der Waals surface area (Å²) < 4.78 is 1.97. The summed E-state index contributed by atoms with van der Waals surface area (Å²) in [4.78, 5) is 0.617. The van der Waals surface area contributed by atoms with Crippen LogP contribution < -0.4 is 0 Å². The highest BCUT2D eigenvalue weighted by Crippen LogP contribution is 2.30. The van der Waals surface area contributed by atoms with E-state index in [0.717, 1.165) is 6.42 Å². The Labute approximate surface area is 108 Å². The summed E-state index contributed by atoms with van der Waals surface area (Å²) in [5.41, 5.74) is 1.70. The Morgan fingerprint density at radius 2 is 2.06 bits per heavy atom. The van der Waals surface area contributed by atoms with E-state index in [9.17, 15) is 0 Å². The summed E-state index contributed by atoms with van der Waals surface area (Å²) in [6.45, 7) is 6.86. The molecule has 16 heavy (non-hydrogen) atoms. The topological polar surface area (TPSA) is 17.8 Å². The van der Waals surface area contributed by atoms with E-state index in [0.29, 0.717) is 10.2 Å².